The molecule has 0 rings (SSSR count). The lowest BCUT2D eigenvalue weighted by atomic mass is 10.3. The van der Waals surface area contributed by atoms with E-state index in [1.807, 2.05) is 25.7 Å². The Morgan fingerprint density at radius 3 is 2.12 bits per heavy atom. The van der Waals surface area contributed by atoms with Gasteiger partial charge in [-0.15, -0.1) is 24.0 Å². The molecule has 0 atom stereocenters. The van der Waals surface area contributed by atoms with Crippen molar-refractivity contribution in [3.05, 3.63) is 0 Å². The monoisotopic (exact) mass is 455 g/mol. The zero-order valence-electron chi connectivity index (χ0n) is 16.2. The van der Waals surface area contributed by atoms with Crippen LogP contribution in [0.4, 0.5) is 0 Å². The van der Waals surface area contributed by atoms with Gasteiger partial charge in [0.05, 0.1) is 6.54 Å². The van der Waals surface area contributed by atoms with Crippen molar-refractivity contribution in [2.75, 3.05) is 52.4 Å². The van der Waals surface area contributed by atoms with Crippen molar-refractivity contribution in [1.82, 2.24) is 20.4 Å². The minimum absolute atomic E-state index is 0. The van der Waals surface area contributed by atoms with E-state index in [0.29, 0.717) is 13.0 Å². The van der Waals surface area contributed by atoms with Gasteiger partial charge in [0.2, 0.25) is 5.91 Å². The minimum Gasteiger partial charge on any atom is -0.357 e. The molecule has 1 amide bonds. The Kier molecular flexibility index (Phi) is 18.5. The van der Waals surface area contributed by atoms with Crippen LogP contribution in [0.25, 0.3) is 0 Å². The van der Waals surface area contributed by atoms with Gasteiger partial charge >= 0.3 is 0 Å². The molecular weight excluding hydrogens is 417 g/mol. The fourth-order valence-electron chi connectivity index (χ4n) is 2.41. The van der Waals surface area contributed by atoms with Gasteiger partial charge in [-0.1, -0.05) is 13.8 Å². The van der Waals surface area contributed by atoms with Crippen molar-refractivity contribution in [2.45, 2.75) is 47.5 Å². The maximum Gasteiger partial charge on any atom is 0.224 e. The quantitative estimate of drug-likeness (QED) is 0.269. The molecule has 0 aliphatic heterocycles. The topological polar surface area (TPSA) is 60.0 Å². The number of rotatable bonds is 12. The molecule has 0 aromatic heterocycles. The van der Waals surface area contributed by atoms with E-state index in [4.69, 9.17) is 0 Å². The molecule has 0 spiro atoms. The molecule has 0 aliphatic rings. The Balaban J connectivity index is 0. The van der Waals surface area contributed by atoms with Crippen LogP contribution < -0.4 is 10.6 Å². The molecule has 2 N–H and O–H groups in total. The number of nitrogens with one attached hydrogen (secondary N) is 2. The Morgan fingerprint density at radius 1 is 0.958 bits per heavy atom. The summed E-state index contributed by atoms with van der Waals surface area (Å²) < 4.78 is 0. The number of aliphatic imine (C=N–C) groups is 1. The minimum atomic E-state index is 0. The normalized spacial score (nSPS) is 11.2. The molecule has 0 unspecified atom stereocenters. The van der Waals surface area contributed by atoms with E-state index in [-0.39, 0.29) is 29.9 Å². The number of guanidine groups is 1. The number of carbonyl (C=O) groups excluding carboxylic acids is 1. The summed E-state index contributed by atoms with van der Waals surface area (Å²) in [6.45, 7) is 17.4. The highest BCUT2D eigenvalue weighted by Gasteiger charge is 2.09. The number of hydrogen-bond acceptors (Lipinski definition) is 3. The van der Waals surface area contributed by atoms with Crippen molar-refractivity contribution in [3.8, 4) is 0 Å². The average molecular weight is 455 g/mol. The van der Waals surface area contributed by atoms with Gasteiger partial charge in [0.25, 0.3) is 0 Å². The maximum absolute atomic E-state index is 12.0. The van der Waals surface area contributed by atoms with Crippen LogP contribution in [-0.2, 0) is 4.79 Å². The zero-order valence-corrected chi connectivity index (χ0v) is 18.6. The van der Waals surface area contributed by atoms with Gasteiger partial charge in [-0.05, 0) is 40.3 Å². The largest absolute Gasteiger partial charge is 0.357 e. The maximum atomic E-state index is 12.0. The molecule has 0 aromatic rings. The third kappa shape index (κ3) is 11.9. The second-order valence-electron chi connectivity index (χ2n) is 5.44. The van der Waals surface area contributed by atoms with Crippen LogP contribution in [0.15, 0.2) is 4.99 Å². The van der Waals surface area contributed by atoms with Gasteiger partial charge in [0.15, 0.2) is 5.96 Å². The van der Waals surface area contributed by atoms with E-state index in [0.717, 1.165) is 51.8 Å². The van der Waals surface area contributed by atoms with Crippen LogP contribution in [0, 0.1) is 0 Å². The lowest BCUT2D eigenvalue weighted by Crippen LogP contribution is -2.40. The van der Waals surface area contributed by atoms with Crippen molar-refractivity contribution in [1.29, 1.82) is 0 Å². The van der Waals surface area contributed by atoms with Crippen LogP contribution in [0.3, 0.4) is 0 Å². The van der Waals surface area contributed by atoms with Gasteiger partial charge in [0, 0.05) is 39.1 Å². The van der Waals surface area contributed by atoms with Crippen molar-refractivity contribution >= 4 is 35.8 Å². The van der Waals surface area contributed by atoms with Crippen LogP contribution in [0.1, 0.15) is 47.5 Å². The van der Waals surface area contributed by atoms with Gasteiger partial charge < -0.3 is 20.4 Å². The summed E-state index contributed by atoms with van der Waals surface area (Å²) in [7, 11) is 0. The third-order valence-corrected chi connectivity index (χ3v) is 3.76. The number of nitrogens with zero attached hydrogens (tertiary/aromatic N) is 3. The highest BCUT2D eigenvalue weighted by atomic mass is 127. The van der Waals surface area contributed by atoms with Crippen LogP contribution in [0.5, 0.6) is 0 Å². The summed E-state index contributed by atoms with van der Waals surface area (Å²) in [5, 5.41) is 6.48. The Hall–Kier alpha value is -0.570. The standard InChI is InChI=1S/C17H37N5O.HI/c1-6-14-21(8-3)15-13-20-17(18-7-2)19-12-11-16(23)22(9-4)10-5;/h6-15H2,1-5H3,(H2,18,19,20);1H. The van der Waals surface area contributed by atoms with E-state index >= 15 is 0 Å². The van der Waals surface area contributed by atoms with Gasteiger partial charge in [-0.2, -0.15) is 0 Å². The molecule has 0 saturated heterocycles. The predicted octanol–water partition coefficient (Wildman–Crippen LogP) is 2.15. The van der Waals surface area contributed by atoms with Gasteiger partial charge in [0.1, 0.15) is 0 Å². The summed E-state index contributed by atoms with van der Waals surface area (Å²) >= 11 is 0. The number of likely N-dealkylation sites (N-methyl/N-ethyl adjacent to an activating group) is 1. The second-order valence-corrected chi connectivity index (χ2v) is 5.44. The number of amides is 1. The number of halogens is 1. The van der Waals surface area contributed by atoms with E-state index in [2.05, 4.69) is 34.4 Å². The fourth-order valence-corrected chi connectivity index (χ4v) is 2.41. The lowest BCUT2D eigenvalue weighted by Gasteiger charge is -2.20. The summed E-state index contributed by atoms with van der Waals surface area (Å²) in [5.41, 5.74) is 0. The van der Waals surface area contributed by atoms with E-state index in [1.165, 1.54) is 6.42 Å². The smallest absolute Gasteiger partial charge is 0.224 e. The Morgan fingerprint density at radius 2 is 1.62 bits per heavy atom. The van der Waals surface area contributed by atoms with Crippen LogP contribution in [-0.4, -0.2) is 74.0 Å². The SMILES string of the molecule is CCCN(CC)CCN=C(NCC)NCCC(=O)N(CC)CC.I. The fraction of sp³-hybridized carbons (Fsp3) is 0.882. The Labute approximate surface area is 165 Å². The molecule has 0 fully saturated rings. The van der Waals surface area contributed by atoms with Gasteiger partial charge in [-0.25, -0.2) is 0 Å². The lowest BCUT2D eigenvalue weighted by molar-refractivity contribution is -0.130. The number of carbonyl (C=O) groups is 1. The molecular formula is C17H38IN5O. The summed E-state index contributed by atoms with van der Waals surface area (Å²) in [6.07, 6.45) is 1.67. The first kappa shape index (κ1) is 25.7. The molecule has 0 saturated carbocycles. The molecule has 0 aliphatic carbocycles. The number of hydrogen-bond donors (Lipinski definition) is 2. The summed E-state index contributed by atoms with van der Waals surface area (Å²) in [4.78, 5) is 20.8. The molecule has 6 nitrogen and oxygen atoms in total. The van der Waals surface area contributed by atoms with E-state index in [1.54, 1.807) is 0 Å². The first-order valence-electron chi connectivity index (χ1n) is 9.14. The highest BCUT2D eigenvalue weighted by Crippen LogP contribution is 1.93. The molecule has 0 heterocycles. The molecule has 24 heavy (non-hydrogen) atoms. The van der Waals surface area contributed by atoms with Crippen molar-refractivity contribution in [2.24, 2.45) is 4.99 Å². The average Bonchev–Trinajstić information content (AvgIpc) is 2.55. The van der Waals surface area contributed by atoms with E-state index in [9.17, 15) is 4.79 Å². The van der Waals surface area contributed by atoms with Crippen LogP contribution in [0.2, 0.25) is 0 Å². The Bertz CT molecular complexity index is 335. The second kappa shape index (κ2) is 17.3. The first-order valence-corrected chi connectivity index (χ1v) is 9.14. The molecule has 0 bridgehead atoms. The molecule has 0 aromatic carbocycles. The highest BCUT2D eigenvalue weighted by molar-refractivity contribution is 14.0. The predicted molar refractivity (Wildman–Crippen MR) is 114 cm³/mol. The zero-order chi connectivity index (χ0) is 17.5. The summed E-state index contributed by atoms with van der Waals surface area (Å²) in [6, 6.07) is 0. The first-order chi connectivity index (χ1) is 11.1. The molecule has 144 valence electrons. The third-order valence-electron chi connectivity index (χ3n) is 3.76. The summed E-state index contributed by atoms with van der Waals surface area (Å²) in [5.74, 6) is 0.992. The van der Waals surface area contributed by atoms with Crippen molar-refractivity contribution < 1.29 is 4.79 Å². The molecule has 7 heteroatoms. The van der Waals surface area contributed by atoms with Crippen molar-refractivity contribution in [3.63, 3.8) is 0 Å². The molecule has 0 radical (unpaired) electrons. The van der Waals surface area contributed by atoms with Gasteiger partial charge in [-0.3, -0.25) is 9.79 Å². The van der Waals surface area contributed by atoms with E-state index < -0.39 is 0 Å². The van der Waals surface area contributed by atoms with Crippen LogP contribution >= 0.6 is 24.0 Å².